The van der Waals surface area contributed by atoms with Crippen molar-refractivity contribution in [3.63, 3.8) is 0 Å². The molecule has 0 aliphatic heterocycles. The largest absolute Gasteiger partial charge is 0.378 e. The number of nitrogens with zero attached hydrogens (tertiary/aromatic N) is 1. The van der Waals surface area contributed by atoms with Crippen molar-refractivity contribution < 1.29 is 0 Å². The summed E-state index contributed by atoms with van der Waals surface area (Å²) in [6.07, 6.45) is 2.17. The van der Waals surface area contributed by atoms with Crippen molar-refractivity contribution >= 4 is 5.69 Å². The lowest BCUT2D eigenvalue weighted by Crippen LogP contribution is -2.08. The van der Waals surface area contributed by atoms with Gasteiger partial charge in [-0.05, 0) is 48.9 Å². The Morgan fingerprint density at radius 2 is 1.58 bits per heavy atom. The highest BCUT2D eigenvalue weighted by Gasteiger charge is 2.05. The van der Waals surface area contributed by atoms with Crippen molar-refractivity contribution in [3.8, 4) is 0 Å². The first kappa shape index (κ1) is 13.7. The highest BCUT2D eigenvalue weighted by atomic mass is 15.1. The lowest BCUT2D eigenvalue weighted by Gasteiger charge is -2.14. The Labute approximate surface area is 116 Å². The van der Waals surface area contributed by atoms with Crippen molar-refractivity contribution in [3.05, 3.63) is 72.6 Å². The van der Waals surface area contributed by atoms with Crippen LogP contribution in [0.4, 0.5) is 5.69 Å². The summed E-state index contributed by atoms with van der Waals surface area (Å²) in [5.74, 6) is 0.370. The zero-order chi connectivity index (χ0) is 13.7. The zero-order valence-electron chi connectivity index (χ0n) is 11.8. The second-order valence-corrected chi connectivity index (χ2v) is 5.21. The summed E-state index contributed by atoms with van der Waals surface area (Å²) < 4.78 is 0. The highest BCUT2D eigenvalue weighted by molar-refractivity contribution is 5.46. The fourth-order valence-corrected chi connectivity index (χ4v) is 2.19. The van der Waals surface area contributed by atoms with Crippen LogP contribution in [0, 0.1) is 6.92 Å². The second-order valence-electron chi connectivity index (χ2n) is 5.21. The van der Waals surface area contributed by atoms with Crippen LogP contribution in [0.3, 0.4) is 0 Å². The van der Waals surface area contributed by atoms with Gasteiger partial charge in [0.1, 0.15) is 0 Å². The van der Waals surface area contributed by atoms with Crippen LogP contribution in [0.1, 0.15) is 23.5 Å². The smallest absolute Gasteiger partial charge is 0.0361 e. The van der Waals surface area contributed by atoms with Gasteiger partial charge in [-0.25, -0.2) is 0 Å². The molecule has 0 amide bonds. The summed E-state index contributed by atoms with van der Waals surface area (Å²) in [5.41, 5.74) is 3.96. The minimum atomic E-state index is 0.370. The van der Waals surface area contributed by atoms with E-state index in [0.717, 1.165) is 12.8 Å². The Bertz CT molecular complexity index is 485. The van der Waals surface area contributed by atoms with Gasteiger partial charge in [-0.3, -0.25) is 0 Å². The maximum absolute atomic E-state index is 4.26. The Morgan fingerprint density at radius 3 is 2.16 bits per heavy atom. The Hall–Kier alpha value is -1.76. The number of rotatable bonds is 5. The van der Waals surface area contributed by atoms with Gasteiger partial charge in [0.05, 0.1) is 0 Å². The van der Waals surface area contributed by atoms with Crippen LogP contribution in [-0.2, 0) is 6.42 Å². The van der Waals surface area contributed by atoms with E-state index in [1.54, 1.807) is 0 Å². The molecule has 1 radical (unpaired) electrons. The molecule has 1 heteroatoms. The lowest BCUT2D eigenvalue weighted by molar-refractivity contribution is 0.733. The van der Waals surface area contributed by atoms with Crippen molar-refractivity contribution in [1.29, 1.82) is 0 Å². The van der Waals surface area contributed by atoms with Crippen molar-refractivity contribution in [2.24, 2.45) is 0 Å². The van der Waals surface area contributed by atoms with Gasteiger partial charge in [-0.2, -0.15) is 0 Å². The van der Waals surface area contributed by atoms with Crippen LogP contribution in [-0.4, -0.2) is 14.1 Å². The van der Waals surface area contributed by atoms with Gasteiger partial charge >= 0.3 is 0 Å². The predicted octanol–water partition coefficient (Wildman–Crippen LogP) is 4.30. The van der Waals surface area contributed by atoms with E-state index in [1.807, 2.05) is 0 Å². The molecule has 99 valence electrons. The number of aryl methyl sites for hydroxylation is 1. The van der Waals surface area contributed by atoms with Crippen LogP contribution in [0.5, 0.6) is 0 Å². The molecule has 0 saturated carbocycles. The Balaban J connectivity index is 1.92. The second kappa shape index (κ2) is 6.42. The van der Waals surface area contributed by atoms with Crippen LogP contribution < -0.4 is 4.90 Å². The first-order valence-electron chi connectivity index (χ1n) is 6.81. The van der Waals surface area contributed by atoms with E-state index >= 15 is 0 Å². The van der Waals surface area contributed by atoms with E-state index < -0.39 is 0 Å². The molecule has 2 rings (SSSR count). The molecule has 0 aliphatic carbocycles. The van der Waals surface area contributed by atoms with Gasteiger partial charge in [-0.1, -0.05) is 42.5 Å². The molecule has 0 aliphatic rings. The van der Waals surface area contributed by atoms with Crippen LogP contribution in [0.25, 0.3) is 0 Å². The predicted molar refractivity (Wildman–Crippen MR) is 83.6 cm³/mol. The Morgan fingerprint density at radius 1 is 0.947 bits per heavy atom. The summed E-state index contributed by atoms with van der Waals surface area (Å²) in [6, 6.07) is 19.3. The quantitative estimate of drug-likeness (QED) is 0.766. The molecule has 2 aromatic rings. The number of anilines is 1. The summed E-state index contributed by atoms with van der Waals surface area (Å²) >= 11 is 0. The van der Waals surface area contributed by atoms with E-state index in [0.29, 0.717) is 5.92 Å². The minimum absolute atomic E-state index is 0.370. The first-order valence-corrected chi connectivity index (χ1v) is 6.81. The molecule has 0 bridgehead atoms. The fraction of sp³-hybridized carbons (Fsp3) is 0.278. The van der Waals surface area contributed by atoms with E-state index in [4.69, 9.17) is 0 Å². The third-order valence-electron chi connectivity index (χ3n) is 3.51. The number of hydrogen-bond acceptors (Lipinski definition) is 1. The molecule has 0 aromatic heterocycles. The SMILES string of the molecule is [CH2][C@@H](CCc1ccc(N(C)C)cc1)c1ccccc1. The topological polar surface area (TPSA) is 3.24 Å². The summed E-state index contributed by atoms with van der Waals surface area (Å²) in [6.45, 7) is 4.26. The Kier molecular flexibility index (Phi) is 4.62. The molecule has 0 heterocycles. The monoisotopic (exact) mass is 252 g/mol. The first-order chi connectivity index (χ1) is 9.16. The molecule has 0 fully saturated rings. The van der Waals surface area contributed by atoms with Crippen molar-refractivity contribution in [2.45, 2.75) is 18.8 Å². The zero-order valence-corrected chi connectivity index (χ0v) is 11.8. The van der Waals surface area contributed by atoms with Crippen molar-refractivity contribution in [1.82, 2.24) is 0 Å². The molecule has 0 unspecified atom stereocenters. The van der Waals surface area contributed by atoms with E-state index in [1.165, 1.54) is 16.8 Å². The van der Waals surface area contributed by atoms with E-state index in [2.05, 4.69) is 80.5 Å². The lowest BCUT2D eigenvalue weighted by atomic mass is 9.94. The summed E-state index contributed by atoms with van der Waals surface area (Å²) in [4.78, 5) is 2.12. The third kappa shape index (κ3) is 3.85. The molecule has 19 heavy (non-hydrogen) atoms. The molecule has 0 spiro atoms. The van der Waals surface area contributed by atoms with Gasteiger partial charge in [0.2, 0.25) is 0 Å². The molecular formula is C18H22N. The maximum Gasteiger partial charge on any atom is 0.0361 e. The standard InChI is InChI=1S/C18H22N/c1-15(17-7-5-4-6-8-17)9-10-16-11-13-18(14-12-16)19(2)3/h4-8,11-15H,1,9-10H2,2-3H3/t15-/m0/s1. The molecule has 1 atom stereocenters. The van der Waals surface area contributed by atoms with Gasteiger partial charge < -0.3 is 4.90 Å². The molecule has 0 N–H and O–H groups in total. The molecule has 2 aromatic carbocycles. The van der Waals surface area contributed by atoms with Crippen molar-refractivity contribution in [2.75, 3.05) is 19.0 Å². The van der Waals surface area contributed by atoms with Gasteiger partial charge in [-0.15, -0.1) is 0 Å². The van der Waals surface area contributed by atoms with Crippen LogP contribution in [0.15, 0.2) is 54.6 Å². The maximum atomic E-state index is 4.26. The molecule has 1 nitrogen and oxygen atoms in total. The van der Waals surface area contributed by atoms with Gasteiger partial charge in [0, 0.05) is 19.8 Å². The van der Waals surface area contributed by atoms with Crippen LogP contribution >= 0.6 is 0 Å². The summed E-state index contributed by atoms with van der Waals surface area (Å²) in [5, 5.41) is 0. The fourth-order valence-electron chi connectivity index (χ4n) is 2.19. The van der Waals surface area contributed by atoms with Crippen LogP contribution in [0.2, 0.25) is 0 Å². The number of hydrogen-bond donors (Lipinski definition) is 0. The van der Waals surface area contributed by atoms with Gasteiger partial charge in [0.15, 0.2) is 0 Å². The van der Waals surface area contributed by atoms with Gasteiger partial charge in [0.25, 0.3) is 0 Å². The highest BCUT2D eigenvalue weighted by Crippen LogP contribution is 2.21. The molecule has 0 saturated heterocycles. The minimum Gasteiger partial charge on any atom is -0.378 e. The normalized spacial score (nSPS) is 12.2. The summed E-state index contributed by atoms with van der Waals surface area (Å²) in [7, 11) is 4.13. The molecular weight excluding hydrogens is 230 g/mol. The van der Waals surface area contributed by atoms with E-state index in [-0.39, 0.29) is 0 Å². The average molecular weight is 252 g/mol. The number of benzene rings is 2. The average Bonchev–Trinajstić information content (AvgIpc) is 2.46. The van der Waals surface area contributed by atoms with E-state index in [9.17, 15) is 0 Å². The third-order valence-corrected chi connectivity index (χ3v) is 3.51.